The van der Waals surface area contributed by atoms with Crippen LogP contribution >= 0.6 is 0 Å². The average Bonchev–Trinajstić information content (AvgIpc) is 2.52. The van der Waals surface area contributed by atoms with Crippen LogP contribution in [0.25, 0.3) is 0 Å². The van der Waals surface area contributed by atoms with Crippen LogP contribution in [0.4, 0.5) is 23.2 Å². The fraction of sp³-hybridized carbons (Fsp3) is 0.200. The first-order valence-electron chi connectivity index (χ1n) is 6.64. The molecular weight excluding hydrogens is 350 g/mol. The predicted molar refractivity (Wildman–Crippen MR) is 79.3 cm³/mol. The first-order chi connectivity index (χ1) is 11.1. The smallest absolute Gasteiger partial charge is 0.269 e. The van der Waals surface area contributed by atoms with Crippen molar-refractivity contribution in [1.82, 2.24) is 0 Å². The SMILES string of the molecule is CN(OCc1ccccc1)c1ccc(F)cc1S(=O)(=O)C(F)(F)F. The van der Waals surface area contributed by atoms with Crippen LogP contribution in [-0.4, -0.2) is 21.0 Å². The molecule has 4 nitrogen and oxygen atoms in total. The first kappa shape index (κ1) is 18.2. The van der Waals surface area contributed by atoms with Gasteiger partial charge in [-0.3, -0.25) is 9.90 Å². The lowest BCUT2D eigenvalue weighted by molar-refractivity contribution is -0.0436. The van der Waals surface area contributed by atoms with E-state index < -0.39 is 31.7 Å². The second kappa shape index (κ2) is 6.78. The van der Waals surface area contributed by atoms with E-state index in [4.69, 9.17) is 4.84 Å². The van der Waals surface area contributed by atoms with Crippen molar-refractivity contribution in [3.63, 3.8) is 0 Å². The molecule has 0 amide bonds. The highest BCUT2D eigenvalue weighted by Crippen LogP contribution is 2.36. The lowest BCUT2D eigenvalue weighted by Gasteiger charge is -2.22. The van der Waals surface area contributed by atoms with Crippen LogP contribution in [0.5, 0.6) is 0 Å². The third-order valence-corrected chi connectivity index (χ3v) is 4.64. The summed E-state index contributed by atoms with van der Waals surface area (Å²) in [6.45, 7) is 0.000220. The Labute approximate surface area is 136 Å². The molecule has 0 aliphatic carbocycles. The molecule has 0 bridgehead atoms. The van der Waals surface area contributed by atoms with Crippen molar-refractivity contribution in [1.29, 1.82) is 0 Å². The number of hydroxylamine groups is 1. The third kappa shape index (κ3) is 3.85. The van der Waals surface area contributed by atoms with Gasteiger partial charge in [0.1, 0.15) is 10.7 Å². The van der Waals surface area contributed by atoms with Gasteiger partial charge in [0, 0.05) is 7.05 Å². The van der Waals surface area contributed by atoms with Crippen LogP contribution in [-0.2, 0) is 21.3 Å². The molecule has 0 radical (unpaired) electrons. The number of sulfone groups is 1. The van der Waals surface area contributed by atoms with E-state index in [2.05, 4.69) is 0 Å². The van der Waals surface area contributed by atoms with Gasteiger partial charge in [-0.25, -0.2) is 12.8 Å². The Kier molecular flexibility index (Phi) is 5.14. The van der Waals surface area contributed by atoms with Crippen molar-refractivity contribution in [2.45, 2.75) is 17.0 Å². The maximum absolute atomic E-state index is 13.3. The Morgan fingerprint density at radius 1 is 1.08 bits per heavy atom. The summed E-state index contributed by atoms with van der Waals surface area (Å²) in [6.07, 6.45) is 0. The van der Waals surface area contributed by atoms with Crippen molar-refractivity contribution in [2.75, 3.05) is 12.1 Å². The van der Waals surface area contributed by atoms with Gasteiger partial charge in [-0.1, -0.05) is 30.3 Å². The van der Waals surface area contributed by atoms with Crippen molar-refractivity contribution in [2.24, 2.45) is 0 Å². The van der Waals surface area contributed by atoms with E-state index >= 15 is 0 Å². The average molecular weight is 363 g/mol. The van der Waals surface area contributed by atoms with E-state index in [1.807, 2.05) is 0 Å². The molecule has 0 atom stereocenters. The van der Waals surface area contributed by atoms with Crippen LogP contribution in [0.3, 0.4) is 0 Å². The molecule has 2 aromatic carbocycles. The number of anilines is 1. The van der Waals surface area contributed by atoms with Crippen LogP contribution in [0.1, 0.15) is 5.56 Å². The molecular formula is C15H13F4NO3S. The van der Waals surface area contributed by atoms with Gasteiger partial charge in [0.15, 0.2) is 0 Å². The summed E-state index contributed by atoms with van der Waals surface area (Å²) in [5.41, 5.74) is -5.23. The summed E-state index contributed by atoms with van der Waals surface area (Å²) in [5.74, 6) is -1.10. The number of hydrogen-bond donors (Lipinski definition) is 0. The van der Waals surface area contributed by atoms with Gasteiger partial charge < -0.3 is 0 Å². The number of nitrogens with zero attached hydrogens (tertiary/aromatic N) is 1. The highest BCUT2D eigenvalue weighted by atomic mass is 32.2. The summed E-state index contributed by atoms with van der Waals surface area (Å²) in [4.78, 5) is 4.08. The maximum atomic E-state index is 13.3. The molecule has 0 aromatic heterocycles. The van der Waals surface area contributed by atoms with Crippen molar-refractivity contribution < 1.29 is 30.8 Å². The molecule has 0 unspecified atom stereocenters. The van der Waals surface area contributed by atoms with Gasteiger partial charge >= 0.3 is 5.51 Å². The van der Waals surface area contributed by atoms with Gasteiger partial charge in [-0.15, -0.1) is 0 Å². The second-order valence-corrected chi connectivity index (χ2v) is 6.73. The number of benzene rings is 2. The van der Waals surface area contributed by atoms with E-state index in [0.29, 0.717) is 6.07 Å². The largest absolute Gasteiger partial charge is 0.501 e. The van der Waals surface area contributed by atoms with E-state index in [1.165, 1.54) is 7.05 Å². The lowest BCUT2D eigenvalue weighted by Crippen LogP contribution is -2.27. The summed E-state index contributed by atoms with van der Waals surface area (Å²) in [5, 5.41) is 0.866. The zero-order valence-electron chi connectivity index (χ0n) is 12.4. The predicted octanol–water partition coefficient (Wildman–Crippen LogP) is 3.69. The van der Waals surface area contributed by atoms with Crippen LogP contribution < -0.4 is 5.06 Å². The minimum absolute atomic E-state index is 0.000220. The van der Waals surface area contributed by atoms with E-state index in [0.717, 1.165) is 22.8 Å². The Balaban J connectivity index is 2.33. The summed E-state index contributed by atoms with van der Waals surface area (Å²) < 4.78 is 74.9. The van der Waals surface area contributed by atoms with E-state index in [9.17, 15) is 26.0 Å². The Morgan fingerprint density at radius 2 is 1.71 bits per heavy atom. The summed E-state index contributed by atoms with van der Waals surface area (Å²) in [6, 6.07) is 10.8. The fourth-order valence-electron chi connectivity index (χ4n) is 1.90. The third-order valence-electron chi connectivity index (χ3n) is 3.12. The summed E-state index contributed by atoms with van der Waals surface area (Å²) >= 11 is 0. The number of rotatable bonds is 5. The topological polar surface area (TPSA) is 46.6 Å². The minimum Gasteiger partial charge on any atom is -0.269 e. The molecule has 0 spiro atoms. The van der Waals surface area contributed by atoms with Crippen LogP contribution in [0.15, 0.2) is 53.4 Å². The normalized spacial score (nSPS) is 12.2. The Bertz CT molecular complexity index is 807. The molecule has 0 saturated carbocycles. The van der Waals surface area contributed by atoms with E-state index in [1.54, 1.807) is 30.3 Å². The minimum atomic E-state index is -5.72. The zero-order chi connectivity index (χ0) is 18.0. The van der Waals surface area contributed by atoms with Gasteiger partial charge in [0.2, 0.25) is 0 Å². The Hall–Kier alpha value is -2.13. The summed E-state index contributed by atoms with van der Waals surface area (Å²) in [7, 11) is -4.48. The molecule has 0 fully saturated rings. The van der Waals surface area contributed by atoms with Crippen molar-refractivity contribution >= 4 is 15.5 Å². The molecule has 9 heteroatoms. The molecule has 0 N–H and O–H groups in total. The number of hydrogen-bond acceptors (Lipinski definition) is 4. The maximum Gasteiger partial charge on any atom is 0.501 e. The molecule has 2 rings (SSSR count). The van der Waals surface area contributed by atoms with Gasteiger partial charge in [0.25, 0.3) is 9.84 Å². The molecule has 2 aromatic rings. The monoisotopic (exact) mass is 363 g/mol. The van der Waals surface area contributed by atoms with Crippen LogP contribution in [0.2, 0.25) is 0 Å². The lowest BCUT2D eigenvalue weighted by atomic mass is 10.2. The van der Waals surface area contributed by atoms with Gasteiger partial charge in [0.05, 0.1) is 12.3 Å². The number of alkyl halides is 3. The Morgan fingerprint density at radius 3 is 2.29 bits per heavy atom. The van der Waals surface area contributed by atoms with Crippen molar-refractivity contribution in [3.05, 3.63) is 59.9 Å². The molecule has 130 valence electrons. The molecule has 24 heavy (non-hydrogen) atoms. The first-order valence-corrected chi connectivity index (χ1v) is 8.13. The van der Waals surface area contributed by atoms with Crippen LogP contribution in [0, 0.1) is 5.82 Å². The molecule has 0 aliphatic rings. The highest BCUT2D eigenvalue weighted by Gasteiger charge is 2.48. The number of halogens is 4. The molecule has 0 aliphatic heterocycles. The van der Waals surface area contributed by atoms with Gasteiger partial charge in [-0.05, 0) is 23.8 Å². The van der Waals surface area contributed by atoms with Crippen molar-refractivity contribution in [3.8, 4) is 0 Å². The van der Waals surface area contributed by atoms with E-state index in [-0.39, 0.29) is 6.61 Å². The molecule has 0 saturated heterocycles. The highest BCUT2D eigenvalue weighted by molar-refractivity contribution is 7.92. The quantitative estimate of drug-likeness (QED) is 0.601. The second-order valence-electron chi connectivity index (χ2n) is 4.82. The molecule has 0 heterocycles. The standard InChI is InChI=1S/C15H13F4NO3S/c1-20(23-10-11-5-3-2-4-6-11)13-8-7-12(16)9-14(13)24(21,22)15(17,18)19/h2-9H,10H2,1H3. The fourth-order valence-corrected chi connectivity index (χ4v) is 2.89. The zero-order valence-corrected chi connectivity index (χ0v) is 13.2. The van der Waals surface area contributed by atoms with Gasteiger partial charge in [-0.2, -0.15) is 13.2 Å².